The lowest BCUT2D eigenvalue weighted by atomic mass is 10.0. The number of sulfonamides is 1. The molecule has 0 saturated carbocycles. The molecule has 1 aliphatic rings. The number of hydrogen-bond acceptors (Lipinski definition) is 5. The van der Waals surface area contributed by atoms with Gasteiger partial charge in [-0.15, -0.1) is 0 Å². The van der Waals surface area contributed by atoms with Gasteiger partial charge in [0.25, 0.3) is 10.0 Å². The Bertz CT molecular complexity index is 1300. The molecule has 7 heteroatoms. The van der Waals surface area contributed by atoms with Crippen LogP contribution < -0.4 is 4.31 Å². The van der Waals surface area contributed by atoms with Gasteiger partial charge in [-0.3, -0.25) is 9.10 Å². The summed E-state index contributed by atoms with van der Waals surface area (Å²) in [7, 11) is -3.77. The molecule has 0 radical (unpaired) electrons. The van der Waals surface area contributed by atoms with Crippen molar-refractivity contribution in [3.63, 3.8) is 0 Å². The monoisotopic (exact) mass is 477 g/mol. The number of fused-ring (bicyclic) bond motifs is 1. The average Bonchev–Trinajstić information content (AvgIpc) is 2.88. The predicted molar refractivity (Wildman–Crippen MR) is 131 cm³/mol. The Morgan fingerprint density at radius 1 is 0.941 bits per heavy atom. The van der Waals surface area contributed by atoms with Crippen molar-refractivity contribution in [2.24, 2.45) is 0 Å². The Hall–Kier alpha value is -3.45. The van der Waals surface area contributed by atoms with Crippen LogP contribution >= 0.6 is 0 Å². The number of Topliss-reactive ketones (excluding diaryl/α,β-unsaturated/α-hetero) is 1. The van der Waals surface area contributed by atoms with Gasteiger partial charge in [0, 0.05) is 12.1 Å². The van der Waals surface area contributed by atoms with Crippen LogP contribution in [0, 0.1) is 0 Å². The van der Waals surface area contributed by atoms with Gasteiger partial charge in [0.05, 0.1) is 16.1 Å². The third-order valence-corrected chi connectivity index (χ3v) is 7.87. The fourth-order valence-electron chi connectivity index (χ4n) is 4.06. The zero-order valence-electron chi connectivity index (χ0n) is 19.2. The lowest BCUT2D eigenvalue weighted by Crippen LogP contribution is -2.35. The molecule has 0 N–H and O–H groups in total. The first-order valence-corrected chi connectivity index (χ1v) is 12.8. The maximum Gasteiger partial charge on any atom is 0.338 e. The third-order valence-electron chi connectivity index (χ3n) is 6.05. The zero-order chi connectivity index (χ0) is 24.3. The van der Waals surface area contributed by atoms with Crippen molar-refractivity contribution in [2.45, 2.75) is 44.1 Å². The highest BCUT2D eigenvalue weighted by molar-refractivity contribution is 7.92. The van der Waals surface area contributed by atoms with E-state index in [4.69, 9.17) is 4.74 Å². The number of benzene rings is 3. The van der Waals surface area contributed by atoms with E-state index in [1.165, 1.54) is 35.5 Å². The lowest BCUT2D eigenvalue weighted by Gasteiger charge is -2.30. The molecule has 34 heavy (non-hydrogen) atoms. The van der Waals surface area contributed by atoms with Gasteiger partial charge >= 0.3 is 5.97 Å². The maximum atomic E-state index is 13.3. The van der Waals surface area contributed by atoms with Crippen molar-refractivity contribution in [3.05, 3.63) is 95.1 Å². The van der Waals surface area contributed by atoms with Gasteiger partial charge in [0.2, 0.25) is 5.78 Å². The fraction of sp³-hybridized carbons (Fsp3) is 0.259. The number of anilines is 1. The molecule has 6 nitrogen and oxygen atoms in total. The van der Waals surface area contributed by atoms with Gasteiger partial charge in [-0.1, -0.05) is 49.4 Å². The van der Waals surface area contributed by atoms with Crippen LogP contribution in [0.25, 0.3) is 0 Å². The van der Waals surface area contributed by atoms with Crippen LogP contribution in [0.15, 0.2) is 77.7 Å². The highest BCUT2D eigenvalue weighted by Crippen LogP contribution is 2.31. The number of esters is 1. The van der Waals surface area contributed by atoms with E-state index in [2.05, 4.69) is 0 Å². The summed E-state index contributed by atoms with van der Waals surface area (Å²) in [6.45, 7) is 3.96. The number of nitrogens with zero attached hydrogens (tertiary/aromatic N) is 1. The largest absolute Gasteiger partial charge is 0.451 e. The van der Waals surface area contributed by atoms with Crippen molar-refractivity contribution in [1.29, 1.82) is 0 Å². The topological polar surface area (TPSA) is 80.8 Å². The average molecular weight is 478 g/mol. The molecule has 3 aromatic rings. The summed E-state index contributed by atoms with van der Waals surface area (Å²) >= 11 is 0. The van der Waals surface area contributed by atoms with E-state index in [9.17, 15) is 18.0 Å². The number of carbonyl (C=O) groups excluding carboxylic acids is 2. The first-order chi connectivity index (χ1) is 16.3. The minimum absolute atomic E-state index is 0.0980. The van der Waals surface area contributed by atoms with Crippen molar-refractivity contribution < 1.29 is 22.7 Å². The lowest BCUT2D eigenvalue weighted by molar-refractivity contribution is 0.0318. The summed E-state index contributed by atoms with van der Waals surface area (Å²) in [5.74, 6) is -0.975. The molecule has 4 rings (SSSR count). The van der Waals surface area contributed by atoms with Gasteiger partial charge in [0.1, 0.15) is 0 Å². The highest BCUT2D eigenvalue weighted by Gasteiger charge is 2.29. The van der Waals surface area contributed by atoms with Crippen molar-refractivity contribution in [2.75, 3.05) is 10.8 Å². The molecule has 1 unspecified atom stereocenters. The van der Waals surface area contributed by atoms with Crippen LogP contribution in [0.3, 0.4) is 0 Å². The number of ether oxygens (including phenoxy) is 1. The second-order valence-corrected chi connectivity index (χ2v) is 10.2. The van der Waals surface area contributed by atoms with Crippen LogP contribution in [-0.2, 0) is 27.6 Å². The molecule has 0 saturated heterocycles. The molecule has 0 aliphatic carbocycles. The minimum atomic E-state index is -3.77. The van der Waals surface area contributed by atoms with E-state index in [1.807, 2.05) is 43.3 Å². The number of ketones is 1. The quantitative estimate of drug-likeness (QED) is 0.360. The SMILES string of the molecule is CCc1ccc(C(=O)C(C)OC(=O)c2ccc(S(=O)(=O)N3CCCc4ccccc43)cc2)cc1. The summed E-state index contributed by atoms with van der Waals surface area (Å²) in [5.41, 5.74) is 3.46. The maximum absolute atomic E-state index is 13.3. The summed E-state index contributed by atoms with van der Waals surface area (Å²) in [6.07, 6.45) is 1.49. The predicted octanol–water partition coefficient (Wildman–Crippen LogP) is 4.82. The summed E-state index contributed by atoms with van der Waals surface area (Å²) in [5, 5.41) is 0. The van der Waals surface area contributed by atoms with Crippen molar-refractivity contribution in [3.8, 4) is 0 Å². The van der Waals surface area contributed by atoms with Crippen LogP contribution in [0.2, 0.25) is 0 Å². The highest BCUT2D eigenvalue weighted by atomic mass is 32.2. The van der Waals surface area contributed by atoms with Gasteiger partial charge in [0.15, 0.2) is 6.10 Å². The molecule has 1 heterocycles. The smallest absolute Gasteiger partial charge is 0.338 e. The van der Waals surface area contributed by atoms with E-state index in [1.54, 1.807) is 12.1 Å². The number of hydrogen-bond donors (Lipinski definition) is 0. The molecular formula is C27H27NO5S. The molecule has 0 spiro atoms. The molecule has 176 valence electrons. The molecule has 0 bridgehead atoms. The van der Waals surface area contributed by atoms with E-state index < -0.39 is 22.1 Å². The summed E-state index contributed by atoms with van der Waals surface area (Å²) in [4.78, 5) is 25.3. The van der Waals surface area contributed by atoms with Crippen molar-refractivity contribution in [1.82, 2.24) is 0 Å². The van der Waals surface area contributed by atoms with Gasteiger partial charge in [-0.2, -0.15) is 0 Å². The second-order valence-electron chi connectivity index (χ2n) is 8.30. The Morgan fingerprint density at radius 3 is 2.26 bits per heavy atom. The Labute approximate surface area is 200 Å². The van der Waals surface area contributed by atoms with Gasteiger partial charge in [-0.25, -0.2) is 13.2 Å². The van der Waals surface area contributed by atoms with Crippen molar-refractivity contribution >= 4 is 27.5 Å². The molecule has 1 aliphatic heterocycles. The van der Waals surface area contributed by atoms with Gasteiger partial charge < -0.3 is 4.74 Å². The molecule has 0 aromatic heterocycles. The van der Waals surface area contributed by atoms with E-state index in [-0.39, 0.29) is 16.2 Å². The van der Waals surface area contributed by atoms with Crippen LogP contribution in [0.4, 0.5) is 5.69 Å². The molecule has 0 fully saturated rings. The molecular weight excluding hydrogens is 450 g/mol. The molecule has 0 amide bonds. The third kappa shape index (κ3) is 4.75. The van der Waals surface area contributed by atoms with E-state index in [0.717, 1.165) is 30.4 Å². The Balaban J connectivity index is 1.47. The number of para-hydroxylation sites is 1. The normalized spacial score (nSPS) is 14.2. The molecule has 1 atom stereocenters. The zero-order valence-corrected chi connectivity index (χ0v) is 20.0. The van der Waals surface area contributed by atoms with E-state index >= 15 is 0 Å². The first kappa shape index (κ1) is 23.7. The number of carbonyl (C=O) groups is 2. The number of rotatable bonds is 7. The summed E-state index contributed by atoms with van der Waals surface area (Å²) in [6, 6.07) is 20.3. The Morgan fingerprint density at radius 2 is 1.59 bits per heavy atom. The second kappa shape index (κ2) is 9.81. The van der Waals surface area contributed by atoms with Crippen LogP contribution in [0.1, 0.15) is 52.1 Å². The van der Waals surface area contributed by atoms with Gasteiger partial charge in [-0.05, 0) is 67.6 Å². The fourth-order valence-corrected chi connectivity index (χ4v) is 5.60. The Kier molecular flexibility index (Phi) is 6.84. The molecule has 3 aromatic carbocycles. The minimum Gasteiger partial charge on any atom is -0.451 e. The first-order valence-electron chi connectivity index (χ1n) is 11.4. The summed E-state index contributed by atoms with van der Waals surface area (Å²) < 4.78 is 33.3. The van der Waals surface area contributed by atoms with E-state index in [0.29, 0.717) is 17.8 Å². The van der Waals surface area contributed by atoms with Crippen LogP contribution in [-0.4, -0.2) is 32.8 Å². The standard InChI is InChI=1S/C27H27NO5S/c1-3-20-10-12-22(13-11-20)26(29)19(2)33-27(30)23-14-16-24(17-15-23)34(31,32)28-18-6-8-21-7-4-5-9-25(21)28/h4-5,7,9-17,19H,3,6,8,18H2,1-2H3. The van der Waals surface area contributed by atoms with Crippen LogP contribution in [0.5, 0.6) is 0 Å². The number of aryl methyl sites for hydroxylation is 2.